The lowest BCUT2D eigenvalue weighted by molar-refractivity contribution is -0.0180. The zero-order chi connectivity index (χ0) is 8.04. The highest BCUT2D eigenvalue weighted by atomic mass is 28.4. The minimum Gasteiger partial charge on any atom is -0.355 e. The molecule has 0 aliphatic carbocycles. The van der Waals surface area contributed by atoms with Crippen LogP contribution in [0, 0.1) is 0 Å². The van der Waals surface area contributed by atoms with Crippen LogP contribution in [0.5, 0.6) is 0 Å². The molecule has 0 aliphatic heterocycles. The van der Waals surface area contributed by atoms with Crippen LogP contribution in [-0.4, -0.2) is 37.2 Å². The summed E-state index contributed by atoms with van der Waals surface area (Å²) in [7, 11) is 0.934. The van der Waals surface area contributed by atoms with Gasteiger partial charge in [-0.25, -0.2) is 4.39 Å². The highest BCUT2D eigenvalue weighted by Crippen LogP contribution is 2.06. The molecule has 0 heterocycles. The van der Waals surface area contributed by atoms with Crippen LogP contribution in [-0.2, 0) is 17.7 Å². The molecule has 0 saturated heterocycles. The van der Waals surface area contributed by atoms with Crippen molar-refractivity contribution in [3.8, 4) is 0 Å². The maximum atomic E-state index is 11.6. The van der Waals surface area contributed by atoms with Crippen LogP contribution in [0.15, 0.2) is 0 Å². The van der Waals surface area contributed by atoms with Crippen LogP contribution in [0.3, 0.4) is 0 Å². The number of rotatable bonds is 5. The van der Waals surface area contributed by atoms with Crippen molar-refractivity contribution in [3.63, 3.8) is 0 Å². The summed E-state index contributed by atoms with van der Waals surface area (Å²) >= 11 is 0. The molecule has 0 fully saturated rings. The zero-order valence-corrected chi connectivity index (χ0v) is 7.22. The first-order chi connectivity index (χ1) is 4.74. The molecule has 0 rings (SSSR count). The van der Waals surface area contributed by atoms with Gasteiger partial charge >= 0.3 is 9.05 Å². The minimum absolute atomic E-state index is 0.970. The van der Waals surface area contributed by atoms with Crippen LogP contribution in [0.1, 0.15) is 0 Å². The van der Waals surface area contributed by atoms with Crippen molar-refractivity contribution in [2.75, 3.05) is 28.2 Å². The molecule has 0 atom stereocenters. The van der Waals surface area contributed by atoms with E-state index < -0.39 is 15.9 Å². The molecule has 10 heavy (non-hydrogen) atoms. The predicted molar refractivity (Wildman–Crippen MR) is 33.8 cm³/mol. The van der Waals surface area contributed by atoms with Crippen LogP contribution in [0.4, 0.5) is 4.39 Å². The van der Waals surface area contributed by atoms with E-state index in [-0.39, 0.29) is 0 Å². The Morgan fingerprint density at radius 2 is 1.50 bits per heavy atom. The molecular formula is C4H11FO4Si. The van der Waals surface area contributed by atoms with Crippen molar-refractivity contribution >= 4 is 9.05 Å². The molecule has 0 aromatic heterocycles. The number of hydrogen-bond acceptors (Lipinski definition) is 4. The first-order valence-corrected chi connectivity index (χ1v) is 4.23. The lowest BCUT2D eigenvalue weighted by Crippen LogP contribution is -2.46. The molecule has 0 amide bonds. The van der Waals surface area contributed by atoms with Gasteiger partial charge in [-0.05, 0) is 0 Å². The number of halogens is 1. The third-order valence-electron chi connectivity index (χ3n) is 0.981. The summed E-state index contributed by atoms with van der Waals surface area (Å²) < 4.78 is 30.2. The van der Waals surface area contributed by atoms with Gasteiger partial charge < -0.3 is 17.7 Å². The fourth-order valence-corrected chi connectivity index (χ4v) is 1.48. The molecule has 0 N–H and O–H groups in total. The van der Waals surface area contributed by atoms with E-state index in [1.54, 1.807) is 0 Å². The Balaban J connectivity index is 3.87. The lowest BCUT2D eigenvalue weighted by atomic mass is 11.6. The second-order valence-electron chi connectivity index (χ2n) is 1.37. The van der Waals surface area contributed by atoms with Gasteiger partial charge in [0.15, 0.2) is 6.86 Å². The molecule has 0 spiro atoms. The van der Waals surface area contributed by atoms with Gasteiger partial charge in [-0.2, -0.15) is 0 Å². The molecule has 0 radical (unpaired) electrons. The molecule has 0 aliphatic rings. The SMILES string of the molecule is CO[Si](OC)(OC)OCF. The molecule has 0 unspecified atom stereocenters. The maximum absolute atomic E-state index is 11.6. The van der Waals surface area contributed by atoms with Crippen molar-refractivity contribution in [1.29, 1.82) is 0 Å². The van der Waals surface area contributed by atoms with Gasteiger partial charge in [-0.15, -0.1) is 0 Å². The summed E-state index contributed by atoms with van der Waals surface area (Å²) in [6.07, 6.45) is 0. The molecule has 0 saturated carbocycles. The van der Waals surface area contributed by atoms with Gasteiger partial charge in [0.1, 0.15) is 0 Å². The van der Waals surface area contributed by atoms with Gasteiger partial charge in [0, 0.05) is 21.3 Å². The van der Waals surface area contributed by atoms with Gasteiger partial charge in [0.2, 0.25) is 0 Å². The predicted octanol–water partition coefficient (Wildman–Crippen LogP) is 0.305. The summed E-state index contributed by atoms with van der Waals surface area (Å²) in [4.78, 5) is 0. The Labute approximate surface area is 60.3 Å². The molecular weight excluding hydrogens is 159 g/mol. The van der Waals surface area contributed by atoms with Crippen molar-refractivity contribution in [2.24, 2.45) is 0 Å². The van der Waals surface area contributed by atoms with E-state index in [1.807, 2.05) is 0 Å². The molecule has 0 aromatic rings. The van der Waals surface area contributed by atoms with Crippen molar-refractivity contribution in [3.05, 3.63) is 0 Å². The summed E-state index contributed by atoms with van der Waals surface area (Å²) in [5.41, 5.74) is 0. The van der Waals surface area contributed by atoms with E-state index in [4.69, 9.17) is 13.3 Å². The molecule has 0 aromatic carbocycles. The normalized spacial score (nSPS) is 12.0. The summed E-state index contributed by atoms with van der Waals surface area (Å²) in [6, 6.07) is 0. The van der Waals surface area contributed by atoms with E-state index in [9.17, 15) is 4.39 Å². The first kappa shape index (κ1) is 9.99. The molecule has 0 bridgehead atoms. The second-order valence-corrected chi connectivity index (χ2v) is 3.88. The van der Waals surface area contributed by atoms with Crippen molar-refractivity contribution in [1.82, 2.24) is 0 Å². The minimum atomic E-state index is -3.09. The third-order valence-corrected chi connectivity index (χ3v) is 2.94. The molecule has 4 nitrogen and oxygen atoms in total. The number of hydrogen-bond donors (Lipinski definition) is 0. The lowest BCUT2D eigenvalue weighted by Gasteiger charge is -2.20. The summed E-state index contributed by atoms with van der Waals surface area (Å²) in [5, 5.41) is 0. The van der Waals surface area contributed by atoms with Gasteiger partial charge in [0.25, 0.3) is 0 Å². The van der Waals surface area contributed by atoms with Gasteiger partial charge in [0.05, 0.1) is 0 Å². The summed E-state index contributed by atoms with van der Waals surface area (Å²) in [6.45, 7) is -0.970. The molecule has 62 valence electrons. The summed E-state index contributed by atoms with van der Waals surface area (Å²) in [5.74, 6) is 0. The van der Waals surface area contributed by atoms with Crippen molar-refractivity contribution < 1.29 is 22.1 Å². The van der Waals surface area contributed by atoms with E-state index in [0.717, 1.165) is 0 Å². The van der Waals surface area contributed by atoms with E-state index in [1.165, 1.54) is 21.3 Å². The van der Waals surface area contributed by atoms with Crippen molar-refractivity contribution in [2.45, 2.75) is 0 Å². The first-order valence-electron chi connectivity index (χ1n) is 2.60. The maximum Gasteiger partial charge on any atom is 0.680 e. The second kappa shape index (κ2) is 4.75. The van der Waals surface area contributed by atoms with E-state index >= 15 is 0 Å². The fourth-order valence-electron chi connectivity index (χ4n) is 0.494. The Hall–Kier alpha value is -0.0131. The van der Waals surface area contributed by atoms with Crippen LogP contribution < -0.4 is 0 Å². The highest BCUT2D eigenvalue weighted by Gasteiger charge is 2.42. The van der Waals surface area contributed by atoms with E-state index in [0.29, 0.717) is 0 Å². The van der Waals surface area contributed by atoms with E-state index in [2.05, 4.69) is 4.43 Å². The third kappa shape index (κ3) is 2.31. The fraction of sp³-hybridized carbons (Fsp3) is 1.00. The zero-order valence-electron chi connectivity index (χ0n) is 6.22. The largest absolute Gasteiger partial charge is 0.680 e. The molecule has 6 heteroatoms. The topological polar surface area (TPSA) is 36.9 Å². The monoisotopic (exact) mass is 170 g/mol. The average molecular weight is 170 g/mol. The number of alkyl halides is 1. The standard InChI is InChI=1S/C4H11FO4Si/c1-6-10(7-2,8-3)9-4-5/h4H2,1-3H3. The van der Waals surface area contributed by atoms with Crippen LogP contribution in [0.2, 0.25) is 0 Å². The Bertz CT molecular complexity index is 79.1. The Kier molecular flexibility index (Phi) is 4.74. The average Bonchev–Trinajstić information content (AvgIpc) is 2.01. The van der Waals surface area contributed by atoms with Gasteiger partial charge in [-0.3, -0.25) is 0 Å². The van der Waals surface area contributed by atoms with Crippen LogP contribution >= 0.6 is 0 Å². The smallest absolute Gasteiger partial charge is 0.355 e. The Morgan fingerprint density at radius 1 is 1.10 bits per heavy atom. The quantitative estimate of drug-likeness (QED) is 0.556. The Morgan fingerprint density at radius 3 is 1.60 bits per heavy atom. The van der Waals surface area contributed by atoms with Gasteiger partial charge in [-0.1, -0.05) is 0 Å². The highest BCUT2D eigenvalue weighted by molar-refractivity contribution is 6.53. The van der Waals surface area contributed by atoms with Crippen LogP contribution in [0.25, 0.3) is 0 Å².